The lowest BCUT2D eigenvalue weighted by molar-refractivity contribution is -0.133. The fourth-order valence-electron chi connectivity index (χ4n) is 3.17. The fraction of sp³-hybridized carbons (Fsp3) is 0.500. The summed E-state index contributed by atoms with van der Waals surface area (Å²) in [5, 5.41) is 4.05. The van der Waals surface area contributed by atoms with Gasteiger partial charge in [-0.05, 0) is 19.8 Å². The second-order valence-electron chi connectivity index (χ2n) is 6.32. The molecule has 2 aromatic rings. The summed E-state index contributed by atoms with van der Waals surface area (Å²) in [5.74, 6) is 1.15. The van der Waals surface area contributed by atoms with E-state index in [9.17, 15) is 4.79 Å². The second-order valence-corrected chi connectivity index (χ2v) is 6.32. The van der Waals surface area contributed by atoms with E-state index in [-0.39, 0.29) is 5.91 Å². The van der Waals surface area contributed by atoms with Crippen molar-refractivity contribution in [3.63, 3.8) is 0 Å². The van der Waals surface area contributed by atoms with Gasteiger partial charge >= 0.3 is 0 Å². The summed E-state index contributed by atoms with van der Waals surface area (Å²) in [6, 6.07) is 8.31. The molecule has 1 amide bonds. The Balaban J connectivity index is 1.73. The number of hydrogen-bond donors (Lipinski definition) is 0. The quantitative estimate of drug-likeness (QED) is 0.863. The maximum absolute atomic E-state index is 12.0. The maximum atomic E-state index is 12.0. The summed E-state index contributed by atoms with van der Waals surface area (Å²) in [6.07, 6.45) is 5.78. The van der Waals surface area contributed by atoms with E-state index in [2.05, 4.69) is 10.1 Å². The minimum atomic E-state index is 0.0759. The molecule has 1 aliphatic rings. The topological polar surface area (TPSA) is 59.2 Å². The standard InChI is InChI=1S/C18H23N3O2/c1-13-8-10-15(11-9-13)18-19-17(23-20-18)12-21(14(2)22)16-6-4-3-5-7-16/h8-11,16H,3-7,12H2,1-2H3. The first-order valence-corrected chi connectivity index (χ1v) is 8.30. The van der Waals surface area contributed by atoms with Crippen LogP contribution in [0.2, 0.25) is 0 Å². The van der Waals surface area contributed by atoms with E-state index < -0.39 is 0 Å². The Morgan fingerprint density at radius 2 is 1.91 bits per heavy atom. The zero-order valence-electron chi connectivity index (χ0n) is 13.8. The van der Waals surface area contributed by atoms with E-state index >= 15 is 0 Å². The van der Waals surface area contributed by atoms with Gasteiger partial charge in [-0.15, -0.1) is 0 Å². The van der Waals surface area contributed by atoms with Crippen LogP contribution in [0.5, 0.6) is 0 Å². The molecule has 0 bridgehead atoms. The lowest BCUT2D eigenvalue weighted by Gasteiger charge is -2.32. The van der Waals surface area contributed by atoms with Crippen molar-refractivity contribution in [2.24, 2.45) is 0 Å². The highest BCUT2D eigenvalue weighted by Gasteiger charge is 2.25. The number of carbonyl (C=O) groups is 1. The molecular weight excluding hydrogens is 290 g/mol. The van der Waals surface area contributed by atoms with Crippen LogP contribution in [0.25, 0.3) is 11.4 Å². The van der Waals surface area contributed by atoms with Gasteiger partial charge in [-0.2, -0.15) is 4.98 Å². The van der Waals surface area contributed by atoms with Crippen molar-refractivity contribution in [2.45, 2.75) is 58.5 Å². The molecule has 1 aromatic heterocycles. The van der Waals surface area contributed by atoms with Crippen LogP contribution < -0.4 is 0 Å². The molecule has 5 nitrogen and oxygen atoms in total. The molecule has 3 rings (SSSR count). The van der Waals surface area contributed by atoms with Crippen molar-refractivity contribution in [1.82, 2.24) is 15.0 Å². The first-order valence-electron chi connectivity index (χ1n) is 8.30. The van der Waals surface area contributed by atoms with E-state index in [1.165, 1.54) is 24.8 Å². The van der Waals surface area contributed by atoms with Crippen LogP contribution in [0.3, 0.4) is 0 Å². The lowest BCUT2D eigenvalue weighted by Crippen LogP contribution is -2.39. The van der Waals surface area contributed by atoms with Gasteiger partial charge in [0.15, 0.2) is 0 Å². The highest BCUT2D eigenvalue weighted by atomic mass is 16.5. The molecule has 5 heteroatoms. The van der Waals surface area contributed by atoms with Gasteiger partial charge in [0.2, 0.25) is 17.6 Å². The molecule has 0 saturated heterocycles. The predicted molar refractivity (Wildman–Crippen MR) is 87.6 cm³/mol. The monoisotopic (exact) mass is 313 g/mol. The molecule has 0 aliphatic heterocycles. The van der Waals surface area contributed by atoms with Crippen molar-refractivity contribution in [3.05, 3.63) is 35.7 Å². The zero-order chi connectivity index (χ0) is 16.2. The van der Waals surface area contributed by atoms with Gasteiger partial charge in [-0.25, -0.2) is 0 Å². The van der Waals surface area contributed by atoms with Gasteiger partial charge < -0.3 is 9.42 Å². The summed E-state index contributed by atoms with van der Waals surface area (Å²) in [7, 11) is 0. The summed E-state index contributed by atoms with van der Waals surface area (Å²) in [4.78, 5) is 18.3. The van der Waals surface area contributed by atoms with E-state index in [1.54, 1.807) is 6.92 Å². The molecule has 0 atom stereocenters. The number of hydrogen-bond acceptors (Lipinski definition) is 4. The van der Waals surface area contributed by atoms with E-state index in [4.69, 9.17) is 4.52 Å². The molecule has 1 saturated carbocycles. The zero-order valence-corrected chi connectivity index (χ0v) is 13.8. The van der Waals surface area contributed by atoms with Crippen LogP contribution >= 0.6 is 0 Å². The largest absolute Gasteiger partial charge is 0.337 e. The first-order chi connectivity index (χ1) is 11.1. The third-order valence-electron chi connectivity index (χ3n) is 4.50. The highest BCUT2D eigenvalue weighted by molar-refractivity contribution is 5.73. The second kappa shape index (κ2) is 6.94. The van der Waals surface area contributed by atoms with Crippen LogP contribution in [0, 0.1) is 6.92 Å². The van der Waals surface area contributed by atoms with Crippen molar-refractivity contribution >= 4 is 5.91 Å². The number of nitrogens with zero attached hydrogens (tertiary/aromatic N) is 3. The van der Waals surface area contributed by atoms with Crippen molar-refractivity contribution < 1.29 is 9.32 Å². The van der Waals surface area contributed by atoms with E-state index in [0.717, 1.165) is 18.4 Å². The van der Waals surface area contributed by atoms with Crippen LogP contribution in [0.4, 0.5) is 0 Å². The highest BCUT2D eigenvalue weighted by Crippen LogP contribution is 2.24. The summed E-state index contributed by atoms with van der Waals surface area (Å²) in [6.45, 7) is 4.06. The van der Waals surface area contributed by atoms with E-state index in [1.807, 2.05) is 36.1 Å². The van der Waals surface area contributed by atoms with Crippen molar-refractivity contribution in [1.29, 1.82) is 0 Å². The molecule has 1 aromatic carbocycles. The number of aromatic nitrogens is 2. The van der Waals surface area contributed by atoms with Gasteiger partial charge in [0.1, 0.15) is 6.54 Å². The third kappa shape index (κ3) is 3.78. The molecule has 0 radical (unpaired) electrons. The molecule has 1 heterocycles. The van der Waals surface area contributed by atoms with Crippen LogP contribution in [-0.4, -0.2) is 27.0 Å². The number of rotatable bonds is 4. The smallest absolute Gasteiger partial charge is 0.246 e. The van der Waals surface area contributed by atoms with Gasteiger partial charge in [-0.3, -0.25) is 4.79 Å². The van der Waals surface area contributed by atoms with Gasteiger partial charge in [0, 0.05) is 18.5 Å². The maximum Gasteiger partial charge on any atom is 0.246 e. The van der Waals surface area contributed by atoms with Gasteiger partial charge in [-0.1, -0.05) is 54.2 Å². The minimum absolute atomic E-state index is 0.0759. The number of amides is 1. The van der Waals surface area contributed by atoms with Crippen molar-refractivity contribution in [2.75, 3.05) is 0 Å². The first kappa shape index (κ1) is 15.7. The third-order valence-corrected chi connectivity index (χ3v) is 4.50. The SMILES string of the molecule is CC(=O)N(Cc1nc(-c2ccc(C)cc2)no1)C1CCCCC1. The Kier molecular flexibility index (Phi) is 4.74. The molecule has 1 aliphatic carbocycles. The number of benzene rings is 1. The van der Waals surface area contributed by atoms with Crippen LogP contribution in [0.15, 0.2) is 28.8 Å². The predicted octanol–water partition coefficient (Wildman–Crippen LogP) is 3.73. The summed E-state index contributed by atoms with van der Waals surface area (Å²) in [5.41, 5.74) is 2.12. The average molecular weight is 313 g/mol. The molecule has 0 N–H and O–H groups in total. The van der Waals surface area contributed by atoms with Gasteiger partial charge in [0.25, 0.3) is 0 Å². The van der Waals surface area contributed by atoms with E-state index in [0.29, 0.717) is 24.3 Å². The Morgan fingerprint density at radius 1 is 1.22 bits per heavy atom. The molecular formula is C18H23N3O2. The summed E-state index contributed by atoms with van der Waals surface area (Å²) < 4.78 is 5.37. The molecule has 0 spiro atoms. The Hall–Kier alpha value is -2.17. The van der Waals surface area contributed by atoms with Crippen LogP contribution in [0.1, 0.15) is 50.5 Å². The average Bonchev–Trinajstić information content (AvgIpc) is 3.02. The molecule has 122 valence electrons. The Morgan fingerprint density at radius 3 is 2.57 bits per heavy atom. The molecule has 0 unspecified atom stereocenters. The fourth-order valence-corrected chi connectivity index (χ4v) is 3.17. The van der Waals surface area contributed by atoms with Crippen molar-refractivity contribution in [3.8, 4) is 11.4 Å². The number of aryl methyl sites for hydroxylation is 1. The molecule has 23 heavy (non-hydrogen) atoms. The molecule has 1 fully saturated rings. The van der Waals surface area contributed by atoms with Gasteiger partial charge in [0.05, 0.1) is 0 Å². The summed E-state index contributed by atoms with van der Waals surface area (Å²) >= 11 is 0. The van der Waals surface area contributed by atoms with Crippen LogP contribution in [-0.2, 0) is 11.3 Å². The minimum Gasteiger partial charge on any atom is -0.337 e. The lowest BCUT2D eigenvalue weighted by atomic mass is 9.94. The Bertz CT molecular complexity index is 657. The number of carbonyl (C=O) groups excluding carboxylic acids is 1. The Labute approximate surface area is 136 Å². The normalized spacial score (nSPS) is 15.6.